The molecular weight excluding hydrogens is 436 g/mol. The maximum Gasteiger partial charge on any atom is 0.261 e. The number of amides is 1. The first kappa shape index (κ1) is 23.4. The molecule has 2 N–H and O–H groups in total. The van der Waals surface area contributed by atoms with Crippen LogP contribution in [0.1, 0.15) is 50.5 Å². The van der Waals surface area contributed by atoms with Crippen LogP contribution in [0.5, 0.6) is 5.75 Å². The molecular formula is C23H29ClN2O4S. The minimum Gasteiger partial charge on any atom is -0.482 e. The summed E-state index contributed by atoms with van der Waals surface area (Å²) in [5.41, 5.74) is 1.50. The van der Waals surface area contributed by atoms with Crippen molar-refractivity contribution in [2.45, 2.75) is 62.8 Å². The van der Waals surface area contributed by atoms with Crippen LogP contribution < -0.4 is 14.8 Å². The van der Waals surface area contributed by atoms with Gasteiger partial charge in [0.2, 0.25) is 0 Å². The summed E-state index contributed by atoms with van der Waals surface area (Å²) in [6.45, 7) is 1.76. The Morgan fingerprint density at radius 3 is 2.32 bits per heavy atom. The van der Waals surface area contributed by atoms with Crippen molar-refractivity contribution >= 4 is 33.2 Å². The number of sulfonamides is 1. The molecule has 1 saturated carbocycles. The van der Waals surface area contributed by atoms with E-state index in [1.165, 1.54) is 37.5 Å². The summed E-state index contributed by atoms with van der Waals surface area (Å²) in [4.78, 5) is 12.3. The highest BCUT2D eigenvalue weighted by Crippen LogP contribution is 2.28. The normalized spacial score (nSPS) is 15.5. The van der Waals surface area contributed by atoms with Gasteiger partial charge in [-0.3, -0.25) is 9.52 Å². The highest BCUT2D eigenvalue weighted by atomic mass is 35.5. The first-order valence-electron chi connectivity index (χ1n) is 10.6. The molecule has 2 aromatic carbocycles. The lowest BCUT2D eigenvalue weighted by molar-refractivity contribution is -0.123. The van der Waals surface area contributed by atoms with Crippen molar-refractivity contribution in [1.82, 2.24) is 5.32 Å². The van der Waals surface area contributed by atoms with Gasteiger partial charge in [-0.05, 0) is 50.1 Å². The van der Waals surface area contributed by atoms with Crippen LogP contribution in [0.15, 0.2) is 47.4 Å². The van der Waals surface area contributed by atoms with Gasteiger partial charge in [-0.25, -0.2) is 8.42 Å². The van der Waals surface area contributed by atoms with Gasteiger partial charge in [-0.1, -0.05) is 61.4 Å². The van der Waals surface area contributed by atoms with Crippen LogP contribution in [-0.4, -0.2) is 27.0 Å². The second-order valence-electron chi connectivity index (χ2n) is 7.96. The van der Waals surface area contributed by atoms with Crippen LogP contribution in [0.4, 0.5) is 5.69 Å². The second-order valence-corrected chi connectivity index (χ2v) is 10.1. The van der Waals surface area contributed by atoms with E-state index in [9.17, 15) is 13.2 Å². The van der Waals surface area contributed by atoms with Crippen LogP contribution in [0.25, 0.3) is 0 Å². The van der Waals surface area contributed by atoms with Crippen molar-refractivity contribution in [3.63, 3.8) is 0 Å². The molecule has 1 aliphatic carbocycles. The molecule has 0 aliphatic heterocycles. The molecule has 1 fully saturated rings. The maximum absolute atomic E-state index is 12.6. The van der Waals surface area contributed by atoms with E-state index >= 15 is 0 Å². The lowest BCUT2D eigenvalue weighted by Crippen LogP contribution is -2.38. The largest absolute Gasteiger partial charge is 0.482 e. The summed E-state index contributed by atoms with van der Waals surface area (Å²) in [7, 11) is -3.79. The number of rotatable bonds is 7. The van der Waals surface area contributed by atoms with Gasteiger partial charge in [0.1, 0.15) is 5.75 Å². The number of carbonyl (C=O) groups is 1. The Morgan fingerprint density at radius 1 is 1.03 bits per heavy atom. The third-order valence-electron chi connectivity index (χ3n) is 5.35. The molecule has 1 aliphatic rings. The van der Waals surface area contributed by atoms with Crippen LogP contribution >= 0.6 is 11.6 Å². The molecule has 31 heavy (non-hydrogen) atoms. The Balaban J connectivity index is 1.57. The zero-order chi connectivity index (χ0) is 22.3. The van der Waals surface area contributed by atoms with Crippen LogP contribution in [0.3, 0.4) is 0 Å². The van der Waals surface area contributed by atoms with E-state index in [4.69, 9.17) is 16.3 Å². The van der Waals surface area contributed by atoms with E-state index in [0.29, 0.717) is 5.69 Å². The van der Waals surface area contributed by atoms with Crippen molar-refractivity contribution in [3.05, 3.63) is 53.1 Å². The van der Waals surface area contributed by atoms with Gasteiger partial charge >= 0.3 is 0 Å². The number of hydrogen-bond acceptors (Lipinski definition) is 4. The molecule has 8 heteroatoms. The molecule has 0 unspecified atom stereocenters. The molecule has 0 atom stereocenters. The molecule has 168 valence electrons. The van der Waals surface area contributed by atoms with Crippen LogP contribution in [-0.2, 0) is 14.8 Å². The van der Waals surface area contributed by atoms with Gasteiger partial charge in [0.25, 0.3) is 15.9 Å². The Kier molecular flexibility index (Phi) is 8.21. The molecule has 0 radical (unpaired) electrons. The summed E-state index contributed by atoms with van der Waals surface area (Å²) >= 11 is 6.23. The Morgan fingerprint density at radius 2 is 1.68 bits per heavy atom. The van der Waals surface area contributed by atoms with E-state index in [2.05, 4.69) is 10.0 Å². The number of anilines is 1. The standard InChI is InChI=1S/C23H29ClN2O4S/c1-17-9-11-19(12-10-17)26-31(28,29)20-13-14-22(21(24)15-20)30-16-23(27)25-18-7-5-3-2-4-6-8-18/h9-15,18,26H,2-8,16H2,1H3,(H,25,27). The monoisotopic (exact) mass is 464 g/mol. The van der Waals surface area contributed by atoms with E-state index < -0.39 is 10.0 Å². The summed E-state index contributed by atoms with van der Waals surface area (Å²) in [5.74, 6) is 0.0724. The Bertz CT molecular complexity index is 985. The fourth-order valence-corrected chi connectivity index (χ4v) is 5.00. The molecule has 0 bridgehead atoms. The highest BCUT2D eigenvalue weighted by molar-refractivity contribution is 7.92. The zero-order valence-corrected chi connectivity index (χ0v) is 19.3. The van der Waals surface area contributed by atoms with Crippen LogP contribution in [0.2, 0.25) is 5.02 Å². The molecule has 0 spiro atoms. The molecule has 1 amide bonds. The van der Waals surface area contributed by atoms with Crippen molar-refractivity contribution in [3.8, 4) is 5.75 Å². The summed E-state index contributed by atoms with van der Waals surface area (Å²) in [6, 6.07) is 11.4. The second kappa shape index (κ2) is 10.9. The Labute approximate surface area is 189 Å². The molecule has 2 aromatic rings. The number of aryl methyl sites for hydroxylation is 1. The molecule has 0 saturated heterocycles. The number of benzene rings is 2. The quantitative estimate of drug-likeness (QED) is 0.600. The van der Waals surface area contributed by atoms with Gasteiger partial charge in [-0.15, -0.1) is 0 Å². The fraction of sp³-hybridized carbons (Fsp3) is 0.435. The van der Waals surface area contributed by atoms with Gasteiger partial charge in [0.15, 0.2) is 6.61 Å². The molecule has 3 rings (SSSR count). The summed E-state index contributed by atoms with van der Waals surface area (Å²) < 4.78 is 33.3. The molecule has 0 aromatic heterocycles. The highest BCUT2D eigenvalue weighted by Gasteiger charge is 2.18. The van der Waals surface area contributed by atoms with E-state index in [-0.39, 0.29) is 34.2 Å². The minimum atomic E-state index is -3.79. The zero-order valence-electron chi connectivity index (χ0n) is 17.7. The molecule has 0 heterocycles. The number of halogens is 1. The molecule has 6 nitrogen and oxygen atoms in total. The van der Waals surface area contributed by atoms with Crippen molar-refractivity contribution in [2.24, 2.45) is 0 Å². The SMILES string of the molecule is Cc1ccc(NS(=O)(=O)c2ccc(OCC(=O)NC3CCCCCCC3)c(Cl)c2)cc1. The predicted octanol–water partition coefficient (Wildman–Crippen LogP) is 5.06. The third kappa shape index (κ3) is 7.14. The summed E-state index contributed by atoms with van der Waals surface area (Å²) in [6.07, 6.45) is 7.95. The fourth-order valence-electron chi connectivity index (χ4n) is 3.61. The van der Waals surface area contributed by atoms with E-state index in [1.54, 1.807) is 12.1 Å². The lowest BCUT2D eigenvalue weighted by Gasteiger charge is -2.21. The van der Waals surface area contributed by atoms with E-state index in [1.807, 2.05) is 19.1 Å². The van der Waals surface area contributed by atoms with Gasteiger partial charge in [0.05, 0.1) is 9.92 Å². The van der Waals surface area contributed by atoms with E-state index in [0.717, 1.165) is 31.2 Å². The number of carbonyl (C=O) groups excluding carboxylic acids is 1. The smallest absolute Gasteiger partial charge is 0.261 e. The van der Waals surface area contributed by atoms with Crippen molar-refractivity contribution in [2.75, 3.05) is 11.3 Å². The first-order valence-corrected chi connectivity index (χ1v) is 12.5. The van der Waals surface area contributed by atoms with Crippen LogP contribution in [0, 0.1) is 6.92 Å². The number of ether oxygens (including phenoxy) is 1. The topological polar surface area (TPSA) is 84.5 Å². The minimum absolute atomic E-state index is 0.0180. The number of nitrogens with one attached hydrogen (secondary N) is 2. The average molecular weight is 465 g/mol. The Hall–Kier alpha value is -2.25. The maximum atomic E-state index is 12.6. The van der Waals surface area contributed by atoms with Gasteiger partial charge in [-0.2, -0.15) is 0 Å². The average Bonchev–Trinajstić information content (AvgIpc) is 2.70. The van der Waals surface area contributed by atoms with Gasteiger partial charge in [0, 0.05) is 11.7 Å². The summed E-state index contributed by atoms with van der Waals surface area (Å²) in [5, 5.41) is 3.16. The van der Waals surface area contributed by atoms with Gasteiger partial charge < -0.3 is 10.1 Å². The van der Waals surface area contributed by atoms with Crippen molar-refractivity contribution in [1.29, 1.82) is 0 Å². The van der Waals surface area contributed by atoms with Crippen molar-refractivity contribution < 1.29 is 17.9 Å². The number of hydrogen-bond donors (Lipinski definition) is 2. The lowest BCUT2D eigenvalue weighted by atomic mass is 9.97. The predicted molar refractivity (Wildman–Crippen MR) is 123 cm³/mol. The first-order chi connectivity index (χ1) is 14.8. The third-order valence-corrected chi connectivity index (χ3v) is 7.02.